The zero-order valence-corrected chi connectivity index (χ0v) is 19.2. The topological polar surface area (TPSA) is 41.6 Å². The van der Waals surface area contributed by atoms with Crippen molar-refractivity contribution in [1.82, 2.24) is 4.90 Å². The molecule has 0 spiro atoms. The van der Waals surface area contributed by atoms with Gasteiger partial charge in [0.25, 0.3) is 0 Å². The average molecular weight is 441 g/mol. The van der Waals surface area contributed by atoms with Gasteiger partial charge in [-0.25, -0.2) is 0 Å². The Hall–Kier alpha value is -2.04. The number of piperidine rings is 1. The number of anilines is 1. The highest BCUT2D eigenvalue weighted by atomic mass is 35.5. The number of likely N-dealkylation sites (tertiary alicyclic amines) is 1. The molecule has 1 N–H and O–H groups in total. The van der Waals surface area contributed by atoms with E-state index in [1.54, 1.807) is 0 Å². The minimum atomic E-state index is -0.542. The first-order chi connectivity index (χ1) is 15.1. The molecule has 4 rings (SSSR count). The molecule has 1 saturated heterocycles. The third kappa shape index (κ3) is 5.24. The Bertz CT molecular complexity index is 869. The molecule has 1 aliphatic heterocycles. The molecule has 0 aromatic heterocycles. The Morgan fingerprint density at radius 2 is 1.77 bits per heavy atom. The second-order valence-electron chi connectivity index (χ2n) is 9.12. The van der Waals surface area contributed by atoms with Gasteiger partial charge in [0.1, 0.15) is 12.4 Å². The Morgan fingerprint density at radius 3 is 2.45 bits per heavy atom. The number of rotatable bonds is 7. The van der Waals surface area contributed by atoms with Crippen molar-refractivity contribution in [3.63, 3.8) is 0 Å². The van der Waals surface area contributed by atoms with Crippen molar-refractivity contribution < 1.29 is 9.53 Å². The summed E-state index contributed by atoms with van der Waals surface area (Å²) in [5.74, 6) is 1.72. The summed E-state index contributed by atoms with van der Waals surface area (Å²) in [6.45, 7) is 6.32. The Labute approximate surface area is 190 Å². The average Bonchev–Trinajstić information content (AvgIpc) is 3.28. The molecule has 1 heterocycles. The van der Waals surface area contributed by atoms with E-state index in [4.69, 9.17) is 16.3 Å². The fraction of sp³-hybridized carbons (Fsp3) is 0.500. The number of hydrogen-bond donors (Lipinski definition) is 1. The van der Waals surface area contributed by atoms with Crippen molar-refractivity contribution in [2.45, 2.75) is 50.9 Å². The molecule has 2 aromatic rings. The fourth-order valence-corrected chi connectivity index (χ4v) is 5.23. The monoisotopic (exact) mass is 440 g/mol. The van der Waals surface area contributed by atoms with E-state index >= 15 is 0 Å². The molecule has 31 heavy (non-hydrogen) atoms. The molecule has 1 aliphatic carbocycles. The zero-order valence-electron chi connectivity index (χ0n) is 18.4. The molecule has 2 fully saturated rings. The van der Waals surface area contributed by atoms with Crippen LogP contribution in [0.2, 0.25) is 5.02 Å². The normalized spacial score (nSPS) is 19.3. The van der Waals surface area contributed by atoms with E-state index < -0.39 is 5.41 Å². The first-order valence-corrected chi connectivity index (χ1v) is 12.0. The molecule has 1 saturated carbocycles. The van der Waals surface area contributed by atoms with Crippen LogP contribution in [-0.2, 0) is 10.2 Å². The number of halogens is 1. The minimum Gasteiger partial charge on any atom is -0.492 e. The summed E-state index contributed by atoms with van der Waals surface area (Å²) in [6, 6.07) is 15.5. The Kier molecular flexibility index (Phi) is 7.19. The van der Waals surface area contributed by atoms with Crippen LogP contribution in [0.25, 0.3) is 0 Å². The van der Waals surface area contributed by atoms with E-state index in [0.717, 1.165) is 55.1 Å². The van der Waals surface area contributed by atoms with Gasteiger partial charge >= 0.3 is 0 Å². The predicted octanol–water partition coefficient (Wildman–Crippen LogP) is 5.90. The fourth-order valence-electron chi connectivity index (χ4n) is 4.91. The highest BCUT2D eigenvalue weighted by Gasteiger charge is 2.43. The SMILES string of the molecule is CC1CCN(CCOc2ccc(NC(=O)C3(c4ccccc4Cl)CCCC3)cc2)CC1. The van der Waals surface area contributed by atoms with Gasteiger partial charge in [0.2, 0.25) is 5.91 Å². The van der Waals surface area contributed by atoms with Crippen molar-refractivity contribution in [2.24, 2.45) is 5.92 Å². The van der Waals surface area contributed by atoms with Crippen molar-refractivity contribution in [3.8, 4) is 5.75 Å². The smallest absolute Gasteiger partial charge is 0.235 e. The number of nitrogens with zero attached hydrogens (tertiary/aromatic N) is 1. The number of carbonyl (C=O) groups excluding carboxylic acids is 1. The van der Waals surface area contributed by atoms with Crippen molar-refractivity contribution in [1.29, 1.82) is 0 Å². The van der Waals surface area contributed by atoms with Crippen LogP contribution in [0.4, 0.5) is 5.69 Å². The van der Waals surface area contributed by atoms with Gasteiger partial charge in [-0.3, -0.25) is 9.69 Å². The molecule has 4 nitrogen and oxygen atoms in total. The standard InChI is InChI=1S/C26H33ClN2O2/c1-20-12-16-29(17-13-20)18-19-31-22-10-8-21(9-11-22)28-25(30)26(14-4-5-15-26)23-6-2-3-7-24(23)27/h2-3,6-11,20H,4-5,12-19H2,1H3,(H,28,30). The van der Waals surface area contributed by atoms with E-state index in [-0.39, 0.29) is 5.91 Å². The molecule has 0 atom stereocenters. The van der Waals surface area contributed by atoms with Gasteiger partial charge in [0, 0.05) is 17.3 Å². The van der Waals surface area contributed by atoms with Crippen LogP contribution >= 0.6 is 11.6 Å². The molecular weight excluding hydrogens is 408 g/mol. The second-order valence-corrected chi connectivity index (χ2v) is 9.53. The van der Waals surface area contributed by atoms with Gasteiger partial charge in [-0.05, 0) is 80.6 Å². The number of benzene rings is 2. The number of amides is 1. The largest absolute Gasteiger partial charge is 0.492 e. The van der Waals surface area contributed by atoms with Crippen molar-refractivity contribution >= 4 is 23.2 Å². The Morgan fingerprint density at radius 1 is 1.10 bits per heavy atom. The van der Waals surface area contributed by atoms with Gasteiger partial charge in [-0.2, -0.15) is 0 Å². The van der Waals surface area contributed by atoms with Crippen molar-refractivity contribution in [3.05, 3.63) is 59.1 Å². The lowest BCUT2D eigenvalue weighted by Gasteiger charge is -2.30. The van der Waals surface area contributed by atoms with E-state index in [1.807, 2.05) is 48.5 Å². The van der Waals surface area contributed by atoms with Gasteiger partial charge in [0.15, 0.2) is 0 Å². The summed E-state index contributed by atoms with van der Waals surface area (Å²) in [6.07, 6.45) is 6.31. The maximum atomic E-state index is 13.3. The zero-order chi connectivity index (χ0) is 21.7. The molecule has 5 heteroatoms. The molecular formula is C26H33ClN2O2. The van der Waals surface area contributed by atoms with Crippen LogP contribution in [0.1, 0.15) is 51.0 Å². The summed E-state index contributed by atoms with van der Waals surface area (Å²) >= 11 is 6.47. The molecule has 0 bridgehead atoms. The van der Waals surface area contributed by atoms with E-state index in [1.165, 1.54) is 25.9 Å². The molecule has 0 unspecified atom stereocenters. The minimum absolute atomic E-state index is 0.0334. The molecule has 0 radical (unpaired) electrons. The molecule has 2 aliphatic rings. The van der Waals surface area contributed by atoms with Gasteiger partial charge < -0.3 is 10.1 Å². The third-order valence-corrected chi connectivity index (χ3v) is 7.28. The third-order valence-electron chi connectivity index (χ3n) is 6.95. The summed E-state index contributed by atoms with van der Waals surface area (Å²) in [4.78, 5) is 15.8. The molecule has 166 valence electrons. The summed E-state index contributed by atoms with van der Waals surface area (Å²) in [5, 5.41) is 3.80. The summed E-state index contributed by atoms with van der Waals surface area (Å²) < 4.78 is 5.93. The van der Waals surface area contributed by atoms with E-state index in [2.05, 4.69) is 17.1 Å². The van der Waals surface area contributed by atoms with Gasteiger partial charge in [0.05, 0.1) is 5.41 Å². The number of hydrogen-bond acceptors (Lipinski definition) is 3. The number of ether oxygens (including phenoxy) is 1. The van der Waals surface area contributed by atoms with E-state index in [0.29, 0.717) is 11.6 Å². The highest BCUT2D eigenvalue weighted by molar-refractivity contribution is 6.31. The maximum absolute atomic E-state index is 13.3. The first-order valence-electron chi connectivity index (χ1n) is 11.6. The quantitative estimate of drug-likeness (QED) is 0.582. The van der Waals surface area contributed by atoms with E-state index in [9.17, 15) is 4.79 Å². The van der Waals surface area contributed by atoms with Gasteiger partial charge in [-0.15, -0.1) is 0 Å². The highest BCUT2D eigenvalue weighted by Crippen LogP contribution is 2.44. The van der Waals surface area contributed by atoms with Crippen LogP contribution in [0.3, 0.4) is 0 Å². The van der Waals surface area contributed by atoms with Crippen LogP contribution < -0.4 is 10.1 Å². The van der Waals surface area contributed by atoms with Crippen LogP contribution in [-0.4, -0.2) is 37.0 Å². The first kappa shape index (κ1) is 22.2. The van der Waals surface area contributed by atoms with Crippen LogP contribution in [0.5, 0.6) is 5.75 Å². The maximum Gasteiger partial charge on any atom is 0.235 e. The lowest BCUT2D eigenvalue weighted by atomic mass is 9.78. The number of carbonyl (C=O) groups is 1. The summed E-state index contributed by atoms with van der Waals surface area (Å²) in [7, 11) is 0. The van der Waals surface area contributed by atoms with Crippen LogP contribution in [0.15, 0.2) is 48.5 Å². The lowest BCUT2D eigenvalue weighted by Crippen LogP contribution is -2.38. The number of nitrogens with one attached hydrogen (secondary N) is 1. The molecule has 2 aromatic carbocycles. The molecule has 1 amide bonds. The summed E-state index contributed by atoms with van der Waals surface area (Å²) in [5.41, 5.74) is 1.19. The van der Waals surface area contributed by atoms with Crippen molar-refractivity contribution in [2.75, 3.05) is 31.6 Å². The van der Waals surface area contributed by atoms with Gasteiger partial charge in [-0.1, -0.05) is 49.6 Å². The Balaban J connectivity index is 1.34. The predicted molar refractivity (Wildman–Crippen MR) is 127 cm³/mol. The van der Waals surface area contributed by atoms with Crippen LogP contribution in [0, 0.1) is 5.92 Å². The lowest BCUT2D eigenvalue weighted by molar-refractivity contribution is -0.121. The second kappa shape index (κ2) is 10.1.